The second-order valence-corrected chi connectivity index (χ2v) is 5.46. The van der Waals surface area contributed by atoms with Crippen molar-refractivity contribution in [3.63, 3.8) is 0 Å². The molecule has 1 saturated heterocycles. The first kappa shape index (κ1) is 14.5. The Morgan fingerprint density at radius 3 is 2.95 bits per heavy atom. The summed E-state index contributed by atoms with van der Waals surface area (Å²) in [5, 5.41) is 0. The van der Waals surface area contributed by atoms with Crippen LogP contribution in [0, 0.1) is 5.82 Å². The van der Waals surface area contributed by atoms with Crippen LogP contribution in [0.3, 0.4) is 0 Å². The van der Waals surface area contributed by atoms with Crippen LogP contribution in [0.4, 0.5) is 4.39 Å². The van der Waals surface area contributed by atoms with Crippen LogP contribution in [0.1, 0.15) is 30.1 Å². The second-order valence-electron chi connectivity index (χ2n) is 4.61. The third-order valence-corrected chi connectivity index (χ3v) is 3.93. The fraction of sp³-hybridized carbons (Fsp3) is 0.500. The van der Waals surface area contributed by atoms with Gasteiger partial charge in [-0.3, -0.25) is 4.79 Å². The molecule has 0 radical (unpaired) electrons. The van der Waals surface area contributed by atoms with Gasteiger partial charge in [-0.2, -0.15) is 0 Å². The molecular formula is C14H17BrFNO2. The lowest BCUT2D eigenvalue weighted by molar-refractivity contribution is 0.0539. The largest absolute Gasteiger partial charge is 0.376 e. The summed E-state index contributed by atoms with van der Waals surface area (Å²) >= 11 is 3.08. The fourth-order valence-corrected chi connectivity index (χ4v) is 2.45. The van der Waals surface area contributed by atoms with Crippen LogP contribution in [-0.4, -0.2) is 36.6 Å². The maximum absolute atomic E-state index is 13.5. The number of benzene rings is 1. The standard InChI is InChI=1S/C14H17BrFNO2/c1-2-17(9-11-4-3-7-19-11)14(18)10-5-6-12(15)13(16)8-10/h5-6,8,11H,2-4,7,9H2,1H3. The van der Waals surface area contributed by atoms with Crippen LogP contribution in [-0.2, 0) is 4.74 Å². The molecule has 1 aliphatic rings. The number of carbonyl (C=O) groups excluding carboxylic acids is 1. The highest BCUT2D eigenvalue weighted by atomic mass is 79.9. The molecule has 1 aromatic carbocycles. The molecule has 2 rings (SSSR count). The van der Waals surface area contributed by atoms with Crippen molar-refractivity contribution < 1.29 is 13.9 Å². The quantitative estimate of drug-likeness (QED) is 0.848. The van der Waals surface area contributed by atoms with Crippen molar-refractivity contribution in [1.82, 2.24) is 4.90 Å². The van der Waals surface area contributed by atoms with Gasteiger partial charge in [-0.05, 0) is 53.9 Å². The average molecular weight is 330 g/mol. The van der Waals surface area contributed by atoms with E-state index in [4.69, 9.17) is 4.74 Å². The van der Waals surface area contributed by atoms with Crippen molar-refractivity contribution in [1.29, 1.82) is 0 Å². The van der Waals surface area contributed by atoms with Crippen LogP contribution in [0.15, 0.2) is 22.7 Å². The zero-order valence-corrected chi connectivity index (χ0v) is 12.5. The number of amides is 1. The number of halogens is 2. The zero-order chi connectivity index (χ0) is 13.8. The number of rotatable bonds is 4. The van der Waals surface area contributed by atoms with E-state index in [9.17, 15) is 9.18 Å². The Labute approximate surface area is 120 Å². The van der Waals surface area contributed by atoms with Gasteiger partial charge in [-0.25, -0.2) is 4.39 Å². The third kappa shape index (κ3) is 3.54. The molecule has 5 heteroatoms. The number of hydrogen-bond acceptors (Lipinski definition) is 2. The summed E-state index contributed by atoms with van der Waals surface area (Å²) in [5.41, 5.74) is 0.376. The predicted octanol–water partition coefficient (Wildman–Crippen LogP) is 3.23. The normalized spacial score (nSPS) is 18.6. The second kappa shape index (κ2) is 6.48. The first-order valence-electron chi connectivity index (χ1n) is 6.47. The van der Waals surface area contributed by atoms with E-state index < -0.39 is 5.82 Å². The Balaban J connectivity index is 2.08. The molecule has 1 aliphatic heterocycles. The number of likely N-dealkylation sites (N-methyl/N-ethyl adjacent to an activating group) is 1. The molecule has 1 atom stereocenters. The lowest BCUT2D eigenvalue weighted by Gasteiger charge is -2.24. The summed E-state index contributed by atoms with van der Waals surface area (Å²) in [6.07, 6.45) is 2.14. The van der Waals surface area contributed by atoms with E-state index in [0.717, 1.165) is 19.4 Å². The van der Waals surface area contributed by atoms with Crippen LogP contribution in [0.25, 0.3) is 0 Å². The lowest BCUT2D eigenvalue weighted by atomic mass is 10.1. The summed E-state index contributed by atoms with van der Waals surface area (Å²) in [6, 6.07) is 4.46. The lowest BCUT2D eigenvalue weighted by Crippen LogP contribution is -2.37. The molecule has 0 N–H and O–H groups in total. The number of ether oxygens (including phenoxy) is 1. The molecule has 0 spiro atoms. The summed E-state index contributed by atoms with van der Waals surface area (Å²) < 4.78 is 19.4. The minimum absolute atomic E-state index is 0.115. The minimum atomic E-state index is -0.418. The van der Waals surface area contributed by atoms with Crippen LogP contribution in [0.2, 0.25) is 0 Å². The maximum Gasteiger partial charge on any atom is 0.254 e. The van der Waals surface area contributed by atoms with E-state index in [2.05, 4.69) is 15.9 Å². The molecule has 19 heavy (non-hydrogen) atoms. The molecule has 0 aliphatic carbocycles. The number of hydrogen-bond donors (Lipinski definition) is 0. The van der Waals surface area contributed by atoms with Gasteiger partial charge in [0.25, 0.3) is 5.91 Å². The number of nitrogens with zero attached hydrogens (tertiary/aromatic N) is 1. The van der Waals surface area contributed by atoms with Crippen molar-refractivity contribution in [3.8, 4) is 0 Å². The topological polar surface area (TPSA) is 29.5 Å². The van der Waals surface area contributed by atoms with E-state index in [1.165, 1.54) is 6.07 Å². The van der Waals surface area contributed by atoms with Gasteiger partial charge >= 0.3 is 0 Å². The van der Waals surface area contributed by atoms with Gasteiger partial charge in [-0.1, -0.05) is 0 Å². The number of carbonyl (C=O) groups is 1. The molecule has 1 amide bonds. The molecule has 1 aromatic rings. The van der Waals surface area contributed by atoms with Crippen molar-refractivity contribution in [3.05, 3.63) is 34.1 Å². The van der Waals surface area contributed by atoms with Gasteiger partial charge in [0.05, 0.1) is 10.6 Å². The van der Waals surface area contributed by atoms with E-state index in [1.807, 2.05) is 6.92 Å². The molecule has 0 aromatic heterocycles. The van der Waals surface area contributed by atoms with E-state index in [1.54, 1.807) is 17.0 Å². The van der Waals surface area contributed by atoms with Gasteiger partial charge < -0.3 is 9.64 Å². The highest BCUT2D eigenvalue weighted by Gasteiger charge is 2.22. The summed E-state index contributed by atoms with van der Waals surface area (Å²) in [6.45, 7) is 3.86. The summed E-state index contributed by atoms with van der Waals surface area (Å²) in [7, 11) is 0. The molecular weight excluding hydrogens is 313 g/mol. The van der Waals surface area contributed by atoms with Crippen molar-refractivity contribution in [2.24, 2.45) is 0 Å². The van der Waals surface area contributed by atoms with Gasteiger partial charge in [0.2, 0.25) is 0 Å². The molecule has 1 heterocycles. The Morgan fingerprint density at radius 2 is 2.37 bits per heavy atom. The average Bonchev–Trinajstić information content (AvgIpc) is 2.91. The SMILES string of the molecule is CCN(CC1CCCO1)C(=O)c1ccc(Br)c(F)c1. The maximum atomic E-state index is 13.5. The minimum Gasteiger partial charge on any atom is -0.376 e. The predicted molar refractivity (Wildman–Crippen MR) is 74.7 cm³/mol. The van der Waals surface area contributed by atoms with Gasteiger partial charge in [-0.15, -0.1) is 0 Å². The first-order chi connectivity index (χ1) is 9.11. The first-order valence-corrected chi connectivity index (χ1v) is 7.27. The van der Waals surface area contributed by atoms with Gasteiger partial charge in [0, 0.05) is 25.3 Å². The zero-order valence-electron chi connectivity index (χ0n) is 10.9. The van der Waals surface area contributed by atoms with Crippen molar-refractivity contribution in [2.45, 2.75) is 25.9 Å². The smallest absolute Gasteiger partial charge is 0.254 e. The van der Waals surface area contributed by atoms with E-state index in [0.29, 0.717) is 23.1 Å². The molecule has 3 nitrogen and oxygen atoms in total. The Hall–Kier alpha value is -0.940. The van der Waals surface area contributed by atoms with Crippen LogP contribution < -0.4 is 0 Å². The van der Waals surface area contributed by atoms with E-state index >= 15 is 0 Å². The molecule has 0 saturated carbocycles. The monoisotopic (exact) mass is 329 g/mol. The van der Waals surface area contributed by atoms with Crippen LogP contribution >= 0.6 is 15.9 Å². The summed E-state index contributed by atoms with van der Waals surface area (Å²) in [4.78, 5) is 14.0. The Kier molecular flexibility index (Phi) is 4.93. The highest BCUT2D eigenvalue weighted by molar-refractivity contribution is 9.10. The van der Waals surface area contributed by atoms with Crippen molar-refractivity contribution in [2.75, 3.05) is 19.7 Å². The molecule has 1 unspecified atom stereocenters. The third-order valence-electron chi connectivity index (χ3n) is 3.28. The van der Waals surface area contributed by atoms with Gasteiger partial charge in [0.15, 0.2) is 0 Å². The fourth-order valence-electron chi connectivity index (χ4n) is 2.20. The highest BCUT2D eigenvalue weighted by Crippen LogP contribution is 2.19. The molecule has 0 bridgehead atoms. The Bertz CT molecular complexity index is 461. The summed E-state index contributed by atoms with van der Waals surface area (Å²) in [5.74, 6) is -0.566. The van der Waals surface area contributed by atoms with Crippen molar-refractivity contribution >= 4 is 21.8 Å². The van der Waals surface area contributed by atoms with E-state index in [-0.39, 0.29) is 12.0 Å². The van der Waals surface area contributed by atoms with Gasteiger partial charge in [0.1, 0.15) is 5.82 Å². The van der Waals surface area contributed by atoms with Crippen LogP contribution in [0.5, 0.6) is 0 Å². The Morgan fingerprint density at radius 1 is 1.58 bits per heavy atom. The molecule has 1 fully saturated rings. The molecule has 104 valence electrons.